The molecule has 2 aromatic rings. The first-order valence-corrected chi connectivity index (χ1v) is 5.50. The predicted octanol–water partition coefficient (Wildman–Crippen LogP) is 1.94. The minimum Gasteiger partial charge on any atom is -0.461 e. The molecule has 0 fully saturated rings. The van der Waals surface area contributed by atoms with Crippen LogP contribution in [0.3, 0.4) is 0 Å². The lowest BCUT2D eigenvalue weighted by molar-refractivity contribution is 0.0892. The van der Waals surface area contributed by atoms with E-state index in [0.29, 0.717) is 0 Å². The van der Waals surface area contributed by atoms with Gasteiger partial charge in [0.1, 0.15) is 0 Å². The molecule has 0 aromatic carbocycles. The number of nitrogens with zero attached hydrogens (tertiary/aromatic N) is 1. The molecule has 1 N–H and O–H groups in total. The van der Waals surface area contributed by atoms with Gasteiger partial charge < -0.3 is 9.73 Å². The topological polar surface area (TPSA) is 72.2 Å². The van der Waals surface area contributed by atoms with Gasteiger partial charge in [-0.2, -0.15) is 0 Å². The molecule has 18 heavy (non-hydrogen) atoms. The Balaban J connectivity index is 1.97. The third kappa shape index (κ3) is 2.75. The third-order valence-electron chi connectivity index (χ3n) is 2.22. The summed E-state index contributed by atoms with van der Waals surface area (Å²) < 4.78 is 4.92. The smallest absolute Gasteiger partial charge is 0.253 e. The number of Topliss-reactive ketones (excluding diaryl/α,β-unsaturated/α-hetero) is 1. The Labute approximate surface area is 108 Å². The molecule has 0 aliphatic heterocycles. The summed E-state index contributed by atoms with van der Waals surface area (Å²) in [6.45, 7) is -0.148. The van der Waals surface area contributed by atoms with Gasteiger partial charge in [0.25, 0.3) is 5.91 Å². The summed E-state index contributed by atoms with van der Waals surface area (Å²) in [5.41, 5.74) is 0.277. The molecule has 0 unspecified atom stereocenters. The second-order valence-electron chi connectivity index (χ2n) is 3.44. The molecule has 6 heteroatoms. The predicted molar refractivity (Wildman–Crippen MR) is 64.6 cm³/mol. The van der Waals surface area contributed by atoms with Gasteiger partial charge in [0.2, 0.25) is 5.78 Å². The first-order valence-electron chi connectivity index (χ1n) is 5.13. The van der Waals surface area contributed by atoms with E-state index >= 15 is 0 Å². The van der Waals surface area contributed by atoms with Crippen molar-refractivity contribution in [3.8, 4) is 0 Å². The maximum atomic E-state index is 11.7. The number of pyridine rings is 1. The van der Waals surface area contributed by atoms with Gasteiger partial charge in [-0.05, 0) is 18.2 Å². The molecule has 0 atom stereocenters. The van der Waals surface area contributed by atoms with E-state index in [1.165, 1.54) is 30.8 Å². The molecule has 92 valence electrons. The van der Waals surface area contributed by atoms with Crippen molar-refractivity contribution in [3.63, 3.8) is 0 Å². The maximum absolute atomic E-state index is 11.7. The number of carbonyl (C=O) groups is 2. The molecule has 0 saturated carbocycles. The zero-order valence-electron chi connectivity index (χ0n) is 9.22. The van der Waals surface area contributed by atoms with Crippen LogP contribution in [0.2, 0.25) is 5.02 Å². The fourth-order valence-electron chi connectivity index (χ4n) is 1.34. The van der Waals surface area contributed by atoms with Crippen molar-refractivity contribution in [2.45, 2.75) is 0 Å². The summed E-state index contributed by atoms with van der Waals surface area (Å²) in [4.78, 5) is 27.1. The number of hydrogen-bond acceptors (Lipinski definition) is 4. The Kier molecular flexibility index (Phi) is 3.74. The quantitative estimate of drug-likeness (QED) is 0.857. The normalized spacial score (nSPS) is 10.1. The van der Waals surface area contributed by atoms with Crippen molar-refractivity contribution in [3.05, 3.63) is 53.2 Å². The lowest BCUT2D eigenvalue weighted by atomic mass is 10.2. The second-order valence-corrected chi connectivity index (χ2v) is 3.85. The standard InChI is InChI=1S/C12H9ClN2O3/c13-9-6-14-4-3-8(9)12(17)15-7-10(16)11-2-1-5-18-11/h1-6H,7H2,(H,15,17). The first-order chi connectivity index (χ1) is 8.68. The van der Waals surface area contributed by atoms with Gasteiger partial charge in [-0.1, -0.05) is 11.6 Å². The molecule has 0 aliphatic rings. The summed E-state index contributed by atoms with van der Waals surface area (Å²) in [5, 5.41) is 2.70. The van der Waals surface area contributed by atoms with Gasteiger partial charge in [0.05, 0.1) is 23.4 Å². The van der Waals surface area contributed by atoms with Crippen LogP contribution in [0.5, 0.6) is 0 Å². The second kappa shape index (κ2) is 5.46. The fraction of sp³-hybridized carbons (Fsp3) is 0.0833. The van der Waals surface area contributed by atoms with Crippen LogP contribution in [0.15, 0.2) is 41.3 Å². The number of furan rings is 1. The van der Waals surface area contributed by atoms with Crippen molar-refractivity contribution in [1.29, 1.82) is 0 Å². The van der Waals surface area contributed by atoms with Crippen LogP contribution in [0.25, 0.3) is 0 Å². The van der Waals surface area contributed by atoms with Crippen LogP contribution in [0, 0.1) is 0 Å². The van der Waals surface area contributed by atoms with Crippen LogP contribution in [0.4, 0.5) is 0 Å². The molecule has 0 bridgehead atoms. The fourth-order valence-corrected chi connectivity index (χ4v) is 1.54. The zero-order chi connectivity index (χ0) is 13.0. The SMILES string of the molecule is O=C(CNC(=O)c1ccncc1Cl)c1ccco1. The van der Waals surface area contributed by atoms with E-state index in [1.54, 1.807) is 6.07 Å². The summed E-state index contributed by atoms with van der Waals surface area (Å²) in [5.74, 6) is -0.531. The van der Waals surface area contributed by atoms with E-state index in [9.17, 15) is 9.59 Å². The van der Waals surface area contributed by atoms with E-state index in [-0.39, 0.29) is 28.7 Å². The van der Waals surface area contributed by atoms with Crippen LogP contribution in [0.1, 0.15) is 20.9 Å². The molecule has 0 aliphatic carbocycles. The van der Waals surface area contributed by atoms with E-state index < -0.39 is 5.91 Å². The highest BCUT2D eigenvalue weighted by atomic mass is 35.5. The number of aromatic nitrogens is 1. The first kappa shape index (κ1) is 12.3. The summed E-state index contributed by atoms with van der Waals surface area (Å²) in [6, 6.07) is 4.62. The van der Waals surface area contributed by atoms with E-state index in [0.717, 1.165) is 0 Å². The molecular formula is C12H9ClN2O3. The molecule has 1 amide bonds. The van der Waals surface area contributed by atoms with Crippen LogP contribution in [-0.2, 0) is 0 Å². The number of amides is 1. The molecule has 5 nitrogen and oxygen atoms in total. The largest absolute Gasteiger partial charge is 0.461 e. The van der Waals surface area contributed by atoms with Gasteiger partial charge >= 0.3 is 0 Å². The van der Waals surface area contributed by atoms with Crippen molar-refractivity contribution in [2.24, 2.45) is 0 Å². The van der Waals surface area contributed by atoms with Gasteiger partial charge in [-0.3, -0.25) is 14.6 Å². The van der Waals surface area contributed by atoms with Crippen molar-refractivity contribution in [1.82, 2.24) is 10.3 Å². The molecular weight excluding hydrogens is 256 g/mol. The summed E-state index contributed by atoms with van der Waals surface area (Å²) in [7, 11) is 0. The van der Waals surface area contributed by atoms with Gasteiger partial charge in [0.15, 0.2) is 5.76 Å². The third-order valence-corrected chi connectivity index (χ3v) is 2.52. The van der Waals surface area contributed by atoms with E-state index in [1.807, 2.05) is 0 Å². The Hall–Kier alpha value is -2.14. The van der Waals surface area contributed by atoms with Crippen LogP contribution < -0.4 is 5.32 Å². The lowest BCUT2D eigenvalue weighted by Crippen LogP contribution is -2.29. The van der Waals surface area contributed by atoms with Gasteiger partial charge in [-0.25, -0.2) is 0 Å². The van der Waals surface area contributed by atoms with Crippen molar-refractivity contribution >= 4 is 23.3 Å². The summed E-state index contributed by atoms with van der Waals surface area (Å²) >= 11 is 5.81. The van der Waals surface area contributed by atoms with Gasteiger partial charge in [0, 0.05) is 12.4 Å². The lowest BCUT2D eigenvalue weighted by Gasteiger charge is -2.04. The number of hydrogen-bond donors (Lipinski definition) is 1. The molecule has 0 radical (unpaired) electrons. The van der Waals surface area contributed by atoms with Crippen LogP contribution in [-0.4, -0.2) is 23.2 Å². The molecule has 0 spiro atoms. The van der Waals surface area contributed by atoms with E-state index in [2.05, 4.69) is 10.3 Å². The van der Waals surface area contributed by atoms with Gasteiger partial charge in [-0.15, -0.1) is 0 Å². The van der Waals surface area contributed by atoms with Crippen molar-refractivity contribution in [2.75, 3.05) is 6.54 Å². The Morgan fingerprint density at radius 3 is 2.89 bits per heavy atom. The zero-order valence-corrected chi connectivity index (χ0v) is 9.98. The average molecular weight is 265 g/mol. The monoisotopic (exact) mass is 264 g/mol. The Bertz CT molecular complexity index is 566. The molecule has 2 rings (SSSR count). The average Bonchev–Trinajstić information content (AvgIpc) is 2.90. The number of halogens is 1. The number of carbonyl (C=O) groups excluding carboxylic acids is 2. The Morgan fingerprint density at radius 1 is 1.39 bits per heavy atom. The molecule has 0 saturated heterocycles. The number of ketones is 1. The summed E-state index contributed by atoms with van der Waals surface area (Å²) in [6.07, 6.45) is 4.22. The maximum Gasteiger partial charge on any atom is 0.253 e. The minimum atomic E-state index is -0.428. The van der Waals surface area contributed by atoms with Crippen molar-refractivity contribution < 1.29 is 14.0 Å². The number of rotatable bonds is 4. The Morgan fingerprint density at radius 2 is 2.22 bits per heavy atom. The number of nitrogens with one attached hydrogen (secondary N) is 1. The van der Waals surface area contributed by atoms with Crippen LogP contribution >= 0.6 is 11.6 Å². The minimum absolute atomic E-state index is 0.148. The van der Waals surface area contributed by atoms with E-state index in [4.69, 9.17) is 16.0 Å². The highest BCUT2D eigenvalue weighted by Gasteiger charge is 2.13. The highest BCUT2D eigenvalue weighted by Crippen LogP contribution is 2.12. The molecule has 2 heterocycles. The molecule has 2 aromatic heterocycles. The highest BCUT2D eigenvalue weighted by molar-refractivity contribution is 6.33.